The molecule has 27 heavy (non-hydrogen) atoms. The van der Waals surface area contributed by atoms with E-state index in [4.69, 9.17) is 9.84 Å². The molecule has 0 unspecified atom stereocenters. The first-order valence-corrected chi connectivity index (χ1v) is 9.25. The van der Waals surface area contributed by atoms with Gasteiger partial charge in [0.25, 0.3) is 0 Å². The van der Waals surface area contributed by atoms with Crippen LogP contribution in [-0.2, 0) is 6.54 Å². The summed E-state index contributed by atoms with van der Waals surface area (Å²) in [7, 11) is 0. The number of hydrogen-bond acceptors (Lipinski definition) is 3. The Balaban J connectivity index is 1.43. The zero-order valence-electron chi connectivity index (χ0n) is 15.7. The maximum Gasteiger partial charge on any atom is 0.407 e. The highest BCUT2D eigenvalue weighted by Crippen LogP contribution is 2.13. The Hall–Kier alpha value is -2.79. The maximum atomic E-state index is 11.0. The van der Waals surface area contributed by atoms with Crippen molar-refractivity contribution < 1.29 is 14.6 Å². The molecule has 3 rings (SSSR count). The van der Waals surface area contributed by atoms with E-state index in [1.165, 1.54) is 16.0 Å². The highest BCUT2D eigenvalue weighted by molar-refractivity contribution is 5.65. The molecule has 1 saturated heterocycles. The zero-order chi connectivity index (χ0) is 19.1. The van der Waals surface area contributed by atoms with E-state index in [1.807, 2.05) is 30.3 Å². The Morgan fingerprint density at radius 2 is 1.70 bits per heavy atom. The van der Waals surface area contributed by atoms with Crippen molar-refractivity contribution in [3.8, 4) is 5.75 Å². The molecule has 1 amide bonds. The minimum absolute atomic E-state index is 0.540. The van der Waals surface area contributed by atoms with Gasteiger partial charge in [-0.1, -0.05) is 48.0 Å². The van der Waals surface area contributed by atoms with E-state index >= 15 is 0 Å². The van der Waals surface area contributed by atoms with Gasteiger partial charge in [-0.15, -0.1) is 0 Å². The maximum absolute atomic E-state index is 11.0. The van der Waals surface area contributed by atoms with Gasteiger partial charge in [-0.2, -0.15) is 0 Å². The summed E-state index contributed by atoms with van der Waals surface area (Å²) in [5.74, 6) is 0.878. The lowest BCUT2D eigenvalue weighted by molar-refractivity contribution is 0.103. The second-order valence-electron chi connectivity index (χ2n) is 6.81. The minimum atomic E-state index is -0.822. The molecule has 0 atom stereocenters. The van der Waals surface area contributed by atoms with Gasteiger partial charge in [0.15, 0.2) is 0 Å². The molecule has 1 fully saturated rings. The molecule has 0 radical (unpaired) electrons. The first-order chi connectivity index (χ1) is 13.1. The number of aryl methyl sites for hydroxylation is 1. The highest BCUT2D eigenvalue weighted by Gasteiger charge is 2.20. The van der Waals surface area contributed by atoms with Gasteiger partial charge in [0.1, 0.15) is 12.4 Å². The van der Waals surface area contributed by atoms with E-state index < -0.39 is 6.09 Å². The van der Waals surface area contributed by atoms with Gasteiger partial charge < -0.3 is 14.7 Å². The molecule has 2 aromatic rings. The van der Waals surface area contributed by atoms with Gasteiger partial charge >= 0.3 is 6.09 Å². The lowest BCUT2D eigenvalue weighted by Gasteiger charge is -2.33. The molecular formula is C22H26N2O3. The molecule has 0 aliphatic carbocycles. The molecule has 1 heterocycles. The second-order valence-corrected chi connectivity index (χ2v) is 6.81. The van der Waals surface area contributed by atoms with Crippen LogP contribution in [-0.4, -0.2) is 53.8 Å². The molecule has 0 bridgehead atoms. The number of amides is 1. The molecule has 1 N–H and O–H groups in total. The molecule has 1 aliphatic rings. The van der Waals surface area contributed by atoms with Crippen molar-refractivity contribution in [1.82, 2.24) is 9.80 Å². The van der Waals surface area contributed by atoms with Gasteiger partial charge in [0, 0.05) is 32.7 Å². The molecule has 1 aliphatic heterocycles. The summed E-state index contributed by atoms with van der Waals surface area (Å²) < 4.78 is 5.69. The van der Waals surface area contributed by atoms with E-state index in [0.29, 0.717) is 19.7 Å². The van der Waals surface area contributed by atoms with Crippen LogP contribution in [0.15, 0.2) is 54.6 Å². The predicted molar refractivity (Wildman–Crippen MR) is 107 cm³/mol. The highest BCUT2D eigenvalue weighted by atomic mass is 16.5. The molecule has 142 valence electrons. The van der Waals surface area contributed by atoms with E-state index in [9.17, 15) is 4.79 Å². The fraction of sp³-hybridized carbons (Fsp3) is 0.318. The third kappa shape index (κ3) is 5.86. The summed E-state index contributed by atoms with van der Waals surface area (Å²) in [6.07, 6.45) is 3.25. The summed E-state index contributed by atoms with van der Waals surface area (Å²) in [6, 6.07) is 16.5. The fourth-order valence-corrected chi connectivity index (χ4v) is 3.05. The Labute approximate surface area is 160 Å². The van der Waals surface area contributed by atoms with Crippen molar-refractivity contribution in [3.05, 3.63) is 71.3 Å². The summed E-state index contributed by atoms with van der Waals surface area (Å²) in [5, 5.41) is 9.00. The van der Waals surface area contributed by atoms with Gasteiger partial charge in [0.2, 0.25) is 0 Å². The van der Waals surface area contributed by atoms with E-state index in [0.717, 1.165) is 30.9 Å². The number of ether oxygens (including phenoxy) is 1. The molecule has 0 spiro atoms. The Morgan fingerprint density at radius 1 is 1.04 bits per heavy atom. The van der Waals surface area contributed by atoms with Crippen LogP contribution in [0.4, 0.5) is 4.79 Å². The quantitative estimate of drug-likeness (QED) is 0.843. The summed E-state index contributed by atoms with van der Waals surface area (Å²) in [5.41, 5.74) is 3.61. The number of carboxylic acid groups (broad SMARTS) is 1. The van der Waals surface area contributed by atoms with Crippen LogP contribution < -0.4 is 4.74 Å². The van der Waals surface area contributed by atoms with Gasteiger partial charge in [-0.3, -0.25) is 4.90 Å². The van der Waals surface area contributed by atoms with Crippen molar-refractivity contribution >= 4 is 12.2 Å². The average Bonchev–Trinajstić information content (AvgIpc) is 2.68. The van der Waals surface area contributed by atoms with Crippen LogP contribution in [0.3, 0.4) is 0 Å². The molecule has 5 nitrogen and oxygen atoms in total. The summed E-state index contributed by atoms with van der Waals surface area (Å²) in [6.45, 7) is 6.18. The van der Waals surface area contributed by atoms with Crippen LogP contribution >= 0.6 is 0 Å². The third-order valence-electron chi connectivity index (χ3n) is 4.71. The van der Waals surface area contributed by atoms with E-state index in [2.05, 4.69) is 42.2 Å². The minimum Gasteiger partial charge on any atom is -0.490 e. The first kappa shape index (κ1) is 19.0. The smallest absolute Gasteiger partial charge is 0.407 e. The number of nitrogens with zero attached hydrogens (tertiary/aromatic N) is 2. The number of benzene rings is 2. The largest absolute Gasteiger partial charge is 0.490 e. The first-order valence-electron chi connectivity index (χ1n) is 9.25. The third-order valence-corrected chi connectivity index (χ3v) is 4.71. The Morgan fingerprint density at radius 3 is 2.33 bits per heavy atom. The molecule has 5 heteroatoms. The number of carbonyl (C=O) groups is 1. The summed E-state index contributed by atoms with van der Waals surface area (Å²) >= 11 is 0. The standard InChI is InChI=1S/C22H26N2O3/c1-18-4-10-21(11-5-18)27-16-2-3-19-6-8-20(9-7-19)17-23-12-14-24(15-13-23)22(25)26/h2-11H,12-17H2,1H3,(H,25,26)/b3-2+. The number of hydrogen-bond donors (Lipinski definition) is 1. The Bertz CT molecular complexity index is 761. The SMILES string of the molecule is Cc1ccc(OC/C=C/c2ccc(CN3CCN(C(=O)O)CC3)cc2)cc1. The lowest BCUT2D eigenvalue weighted by Crippen LogP contribution is -2.47. The van der Waals surface area contributed by atoms with E-state index in [1.54, 1.807) is 0 Å². The molecule has 0 aromatic heterocycles. The van der Waals surface area contributed by atoms with Crippen LogP contribution in [0.1, 0.15) is 16.7 Å². The second kappa shape index (κ2) is 9.24. The molecule has 0 saturated carbocycles. The van der Waals surface area contributed by atoms with E-state index in [-0.39, 0.29) is 0 Å². The monoisotopic (exact) mass is 366 g/mol. The van der Waals surface area contributed by atoms with Crippen molar-refractivity contribution in [3.63, 3.8) is 0 Å². The van der Waals surface area contributed by atoms with Crippen LogP contribution in [0.2, 0.25) is 0 Å². The normalized spacial score (nSPS) is 15.2. The van der Waals surface area contributed by atoms with Gasteiger partial charge in [-0.05, 0) is 36.3 Å². The van der Waals surface area contributed by atoms with Crippen molar-refractivity contribution in [2.75, 3.05) is 32.8 Å². The van der Waals surface area contributed by atoms with Crippen molar-refractivity contribution in [2.24, 2.45) is 0 Å². The van der Waals surface area contributed by atoms with Crippen LogP contribution in [0, 0.1) is 6.92 Å². The van der Waals surface area contributed by atoms with Gasteiger partial charge in [0.05, 0.1) is 0 Å². The van der Waals surface area contributed by atoms with Crippen LogP contribution in [0.5, 0.6) is 5.75 Å². The number of piperazine rings is 1. The molecule has 2 aromatic carbocycles. The predicted octanol–water partition coefficient (Wildman–Crippen LogP) is 3.88. The lowest BCUT2D eigenvalue weighted by atomic mass is 10.1. The number of rotatable bonds is 6. The molecular weight excluding hydrogens is 340 g/mol. The summed E-state index contributed by atoms with van der Waals surface area (Å²) in [4.78, 5) is 14.7. The topological polar surface area (TPSA) is 53.0 Å². The fourth-order valence-electron chi connectivity index (χ4n) is 3.05. The van der Waals surface area contributed by atoms with Gasteiger partial charge in [-0.25, -0.2) is 4.79 Å². The van der Waals surface area contributed by atoms with Crippen LogP contribution in [0.25, 0.3) is 6.08 Å². The van der Waals surface area contributed by atoms with Crippen molar-refractivity contribution in [1.29, 1.82) is 0 Å². The zero-order valence-corrected chi connectivity index (χ0v) is 15.7. The Kier molecular flexibility index (Phi) is 6.49. The average molecular weight is 366 g/mol. The van der Waals surface area contributed by atoms with Crippen molar-refractivity contribution in [2.45, 2.75) is 13.5 Å².